The van der Waals surface area contributed by atoms with Gasteiger partial charge in [-0.1, -0.05) is 12.1 Å². The summed E-state index contributed by atoms with van der Waals surface area (Å²) in [6.07, 6.45) is 1.75. The number of Topliss-reactive ketones (excluding diaryl/α,β-unsaturated/α-hetero) is 1. The normalized spacial score (nSPS) is 17.3. The van der Waals surface area contributed by atoms with Gasteiger partial charge in [-0.15, -0.1) is 23.1 Å². The van der Waals surface area contributed by atoms with Crippen LogP contribution in [0.4, 0.5) is 0 Å². The summed E-state index contributed by atoms with van der Waals surface area (Å²) in [6, 6.07) is 11.5. The van der Waals surface area contributed by atoms with Crippen LogP contribution in [0, 0.1) is 5.92 Å². The first-order valence-corrected chi connectivity index (χ1v) is 10.2. The van der Waals surface area contributed by atoms with E-state index in [1.54, 1.807) is 7.11 Å². The van der Waals surface area contributed by atoms with Crippen molar-refractivity contribution >= 4 is 34.8 Å². The number of carbonyl (C=O) groups is 2. The first kappa shape index (κ1) is 18.0. The van der Waals surface area contributed by atoms with Crippen molar-refractivity contribution in [3.63, 3.8) is 0 Å². The molecule has 1 aliphatic heterocycles. The number of thiophene rings is 1. The summed E-state index contributed by atoms with van der Waals surface area (Å²) in [5, 5.41) is 1.92. The Morgan fingerprint density at radius 2 is 2.20 bits per heavy atom. The van der Waals surface area contributed by atoms with Crippen LogP contribution in [-0.2, 0) is 4.79 Å². The summed E-state index contributed by atoms with van der Waals surface area (Å²) < 4.78 is 5.21. The average molecular weight is 376 g/mol. The maximum atomic E-state index is 12.5. The fraction of sp³-hybridized carbons (Fsp3) is 0.368. The molecule has 6 heteroatoms. The maximum absolute atomic E-state index is 12.5. The van der Waals surface area contributed by atoms with Gasteiger partial charge in [0.2, 0.25) is 5.91 Å². The number of amides is 1. The molecule has 1 saturated heterocycles. The van der Waals surface area contributed by atoms with E-state index in [0.29, 0.717) is 12.3 Å². The lowest BCUT2D eigenvalue weighted by atomic mass is 9.93. The standard InChI is InChI=1S/C19H21NO3S2/c1-23-15-6-2-7-16(11-15)25-13-18(21)20-9-3-5-14(12-20)19(22)17-8-4-10-24-17/h2,4,6-8,10-11,14H,3,5,9,12-13H2,1H3. The Morgan fingerprint density at radius 3 is 2.96 bits per heavy atom. The highest BCUT2D eigenvalue weighted by molar-refractivity contribution is 8.00. The lowest BCUT2D eigenvalue weighted by molar-refractivity contribution is -0.129. The summed E-state index contributed by atoms with van der Waals surface area (Å²) in [4.78, 5) is 28.7. The zero-order valence-electron chi connectivity index (χ0n) is 14.1. The zero-order valence-corrected chi connectivity index (χ0v) is 15.8. The van der Waals surface area contributed by atoms with Crippen LogP contribution in [0.1, 0.15) is 22.5 Å². The molecule has 1 atom stereocenters. The van der Waals surface area contributed by atoms with Crippen LogP contribution in [0.3, 0.4) is 0 Å². The Balaban J connectivity index is 1.55. The van der Waals surface area contributed by atoms with Crippen LogP contribution in [0.25, 0.3) is 0 Å². The molecule has 1 aromatic carbocycles. The number of hydrogen-bond donors (Lipinski definition) is 0. The van der Waals surface area contributed by atoms with E-state index in [1.165, 1.54) is 23.1 Å². The zero-order chi connectivity index (χ0) is 17.6. The van der Waals surface area contributed by atoms with Gasteiger partial charge >= 0.3 is 0 Å². The van der Waals surface area contributed by atoms with Crippen molar-refractivity contribution in [2.45, 2.75) is 17.7 Å². The smallest absolute Gasteiger partial charge is 0.232 e. The second-order valence-electron chi connectivity index (χ2n) is 5.99. The van der Waals surface area contributed by atoms with Crippen molar-refractivity contribution in [3.05, 3.63) is 46.7 Å². The van der Waals surface area contributed by atoms with Crippen molar-refractivity contribution < 1.29 is 14.3 Å². The molecule has 25 heavy (non-hydrogen) atoms. The highest BCUT2D eigenvalue weighted by Gasteiger charge is 2.29. The SMILES string of the molecule is COc1cccc(SCC(=O)N2CCCC(C(=O)c3cccs3)C2)c1. The van der Waals surface area contributed by atoms with Crippen LogP contribution >= 0.6 is 23.1 Å². The van der Waals surface area contributed by atoms with Gasteiger partial charge in [-0.05, 0) is 42.5 Å². The number of ketones is 1. The maximum Gasteiger partial charge on any atom is 0.232 e. The van der Waals surface area contributed by atoms with Crippen molar-refractivity contribution in [1.82, 2.24) is 4.90 Å². The molecule has 4 nitrogen and oxygen atoms in total. The molecule has 1 aromatic heterocycles. The molecule has 3 rings (SSSR count). The highest BCUT2D eigenvalue weighted by atomic mass is 32.2. The second-order valence-corrected chi connectivity index (χ2v) is 7.98. The molecule has 2 aromatic rings. The van der Waals surface area contributed by atoms with Gasteiger partial charge in [-0.25, -0.2) is 0 Å². The molecule has 1 amide bonds. The molecule has 0 N–H and O–H groups in total. The van der Waals surface area contributed by atoms with Crippen LogP contribution in [0.15, 0.2) is 46.7 Å². The highest BCUT2D eigenvalue weighted by Crippen LogP contribution is 2.26. The Morgan fingerprint density at radius 1 is 1.32 bits per heavy atom. The van der Waals surface area contributed by atoms with E-state index in [4.69, 9.17) is 4.74 Å². The summed E-state index contributed by atoms with van der Waals surface area (Å²) in [7, 11) is 1.63. The predicted molar refractivity (Wildman–Crippen MR) is 102 cm³/mol. The van der Waals surface area contributed by atoms with E-state index in [9.17, 15) is 9.59 Å². The minimum absolute atomic E-state index is 0.0711. The van der Waals surface area contributed by atoms with Gasteiger partial charge in [0, 0.05) is 23.9 Å². The summed E-state index contributed by atoms with van der Waals surface area (Å²) in [5.41, 5.74) is 0. The molecule has 0 saturated carbocycles. The molecule has 0 bridgehead atoms. The van der Waals surface area contributed by atoms with E-state index in [0.717, 1.165) is 34.9 Å². The topological polar surface area (TPSA) is 46.6 Å². The number of methoxy groups -OCH3 is 1. The predicted octanol–water partition coefficient (Wildman–Crippen LogP) is 3.97. The molecule has 132 valence electrons. The van der Waals surface area contributed by atoms with Gasteiger partial charge in [0.15, 0.2) is 5.78 Å². The van der Waals surface area contributed by atoms with Gasteiger partial charge in [0.25, 0.3) is 0 Å². The minimum Gasteiger partial charge on any atom is -0.497 e. The fourth-order valence-electron chi connectivity index (χ4n) is 2.96. The first-order valence-electron chi connectivity index (χ1n) is 8.29. The van der Waals surface area contributed by atoms with Crippen molar-refractivity contribution in [1.29, 1.82) is 0 Å². The van der Waals surface area contributed by atoms with Crippen molar-refractivity contribution in [3.8, 4) is 5.75 Å². The average Bonchev–Trinajstić information content (AvgIpc) is 3.20. The summed E-state index contributed by atoms with van der Waals surface area (Å²) in [5.74, 6) is 1.37. The monoisotopic (exact) mass is 375 g/mol. The van der Waals surface area contributed by atoms with Gasteiger partial charge in [-0.3, -0.25) is 9.59 Å². The Kier molecular flexibility index (Phi) is 6.15. The number of piperidine rings is 1. The molecule has 0 spiro atoms. The van der Waals surface area contributed by atoms with Crippen molar-refractivity contribution in [2.75, 3.05) is 26.0 Å². The number of likely N-dealkylation sites (tertiary alicyclic amines) is 1. The third kappa shape index (κ3) is 4.64. The Hall–Kier alpha value is -1.79. The number of hydrogen-bond acceptors (Lipinski definition) is 5. The van der Waals surface area contributed by atoms with Gasteiger partial charge < -0.3 is 9.64 Å². The molecular formula is C19H21NO3S2. The quantitative estimate of drug-likeness (QED) is 0.566. The molecule has 1 fully saturated rings. The largest absolute Gasteiger partial charge is 0.497 e. The lowest BCUT2D eigenvalue weighted by Crippen LogP contribution is -2.43. The molecule has 0 aliphatic carbocycles. The summed E-state index contributed by atoms with van der Waals surface area (Å²) >= 11 is 2.98. The molecule has 1 aliphatic rings. The van der Waals surface area contributed by atoms with Crippen LogP contribution < -0.4 is 4.74 Å². The first-order chi connectivity index (χ1) is 12.2. The molecular weight excluding hydrogens is 354 g/mol. The summed E-state index contributed by atoms with van der Waals surface area (Å²) in [6.45, 7) is 1.28. The van der Waals surface area contributed by atoms with Gasteiger partial charge in [-0.2, -0.15) is 0 Å². The van der Waals surface area contributed by atoms with E-state index in [1.807, 2.05) is 46.7 Å². The lowest BCUT2D eigenvalue weighted by Gasteiger charge is -2.31. The van der Waals surface area contributed by atoms with E-state index in [-0.39, 0.29) is 17.6 Å². The van der Waals surface area contributed by atoms with E-state index >= 15 is 0 Å². The van der Waals surface area contributed by atoms with E-state index < -0.39 is 0 Å². The van der Waals surface area contributed by atoms with Gasteiger partial charge in [0.05, 0.1) is 17.7 Å². The minimum atomic E-state index is -0.0711. The number of rotatable bonds is 6. The van der Waals surface area contributed by atoms with Gasteiger partial charge in [0.1, 0.15) is 5.75 Å². The number of benzene rings is 1. The van der Waals surface area contributed by atoms with E-state index in [2.05, 4.69) is 0 Å². The molecule has 1 unspecified atom stereocenters. The third-order valence-corrected chi connectivity index (χ3v) is 6.18. The van der Waals surface area contributed by atoms with Crippen LogP contribution in [0.2, 0.25) is 0 Å². The third-order valence-electron chi connectivity index (χ3n) is 4.31. The van der Waals surface area contributed by atoms with Crippen LogP contribution in [-0.4, -0.2) is 42.5 Å². The fourth-order valence-corrected chi connectivity index (χ4v) is 4.56. The molecule has 0 radical (unpaired) electrons. The Labute approximate surface area is 156 Å². The number of nitrogens with zero attached hydrogens (tertiary/aromatic N) is 1. The molecule has 2 heterocycles. The number of ether oxygens (including phenoxy) is 1. The number of thioether (sulfide) groups is 1. The van der Waals surface area contributed by atoms with Crippen molar-refractivity contribution in [2.24, 2.45) is 5.92 Å². The van der Waals surface area contributed by atoms with Crippen LogP contribution in [0.5, 0.6) is 5.75 Å². The Bertz CT molecular complexity index is 730. The second kappa shape index (κ2) is 8.54. The number of carbonyl (C=O) groups excluding carboxylic acids is 2.